The molecule has 1 aromatic rings. The molecule has 138 valence electrons. The fourth-order valence-electron chi connectivity index (χ4n) is 5.38. The van der Waals surface area contributed by atoms with Crippen LogP contribution >= 0.6 is 0 Å². The van der Waals surface area contributed by atoms with Gasteiger partial charge < -0.3 is 5.32 Å². The monoisotopic (exact) mass is 349 g/mol. The molecule has 1 saturated carbocycles. The number of fused-ring (bicyclic) bond motifs is 5. The van der Waals surface area contributed by atoms with Crippen LogP contribution < -0.4 is 5.32 Å². The van der Waals surface area contributed by atoms with Crippen LogP contribution in [0.3, 0.4) is 0 Å². The molecule has 1 amide bonds. The van der Waals surface area contributed by atoms with E-state index in [2.05, 4.69) is 42.2 Å². The second-order valence-electron chi connectivity index (χ2n) is 8.48. The van der Waals surface area contributed by atoms with Crippen molar-refractivity contribution in [1.29, 1.82) is 0 Å². The van der Waals surface area contributed by atoms with Crippen molar-refractivity contribution in [2.45, 2.75) is 51.4 Å². The van der Waals surface area contributed by atoms with Gasteiger partial charge in [0.1, 0.15) is 0 Å². The highest BCUT2D eigenvalue weighted by atomic mass is 16.1. The molecule has 0 bridgehead atoms. The molecule has 0 spiro atoms. The van der Waals surface area contributed by atoms with Crippen molar-refractivity contribution in [2.24, 2.45) is 23.7 Å². The van der Waals surface area contributed by atoms with E-state index in [0.29, 0.717) is 12.3 Å². The van der Waals surface area contributed by atoms with Crippen LogP contribution in [-0.2, 0) is 11.2 Å². The number of nitrogens with one attached hydrogen (secondary N) is 1. The van der Waals surface area contributed by atoms with Gasteiger partial charge in [0.15, 0.2) is 0 Å². The summed E-state index contributed by atoms with van der Waals surface area (Å²) in [5, 5.41) is 2.74. The van der Waals surface area contributed by atoms with Gasteiger partial charge in [-0.15, -0.1) is 0 Å². The summed E-state index contributed by atoms with van der Waals surface area (Å²) in [6.45, 7) is 4.43. The Bertz CT molecular complexity index is 731. The zero-order valence-electron chi connectivity index (χ0n) is 16.0. The summed E-state index contributed by atoms with van der Waals surface area (Å²) in [7, 11) is 1.72. The van der Waals surface area contributed by atoms with Crippen LogP contribution in [0.1, 0.15) is 56.1 Å². The van der Waals surface area contributed by atoms with Gasteiger partial charge in [-0.2, -0.15) is 0 Å². The lowest BCUT2D eigenvalue weighted by atomic mass is 9.70. The van der Waals surface area contributed by atoms with E-state index < -0.39 is 0 Å². The zero-order chi connectivity index (χ0) is 18.1. The van der Waals surface area contributed by atoms with Gasteiger partial charge >= 0.3 is 0 Å². The minimum absolute atomic E-state index is 0.122. The van der Waals surface area contributed by atoms with E-state index in [0.717, 1.165) is 30.6 Å². The van der Waals surface area contributed by atoms with Crippen molar-refractivity contribution < 1.29 is 4.79 Å². The van der Waals surface area contributed by atoms with Crippen molar-refractivity contribution in [3.63, 3.8) is 0 Å². The predicted octanol–water partition coefficient (Wildman–Crippen LogP) is 5.15. The third kappa shape index (κ3) is 3.51. The summed E-state index contributed by atoms with van der Waals surface area (Å²) in [4.78, 5) is 11.7. The first-order valence-electron chi connectivity index (χ1n) is 10.4. The molecule has 1 fully saturated rings. The van der Waals surface area contributed by atoms with E-state index in [4.69, 9.17) is 0 Å². The summed E-state index contributed by atoms with van der Waals surface area (Å²) in [6.07, 6.45) is 11.8. The SMILES string of the molecule is C=C(CCC(=O)NC)C1Cc2ccccc2C2=CC2C2CCCCC2C1. The summed E-state index contributed by atoms with van der Waals surface area (Å²) in [6, 6.07) is 8.97. The van der Waals surface area contributed by atoms with Crippen LogP contribution in [0, 0.1) is 23.7 Å². The first-order chi connectivity index (χ1) is 12.7. The second-order valence-corrected chi connectivity index (χ2v) is 8.48. The van der Waals surface area contributed by atoms with E-state index in [1.165, 1.54) is 48.8 Å². The van der Waals surface area contributed by atoms with Gasteiger partial charge in [0.25, 0.3) is 0 Å². The number of hydrogen-bond donors (Lipinski definition) is 1. The van der Waals surface area contributed by atoms with Gasteiger partial charge in [-0.05, 0) is 60.1 Å². The molecule has 2 nitrogen and oxygen atoms in total. The Labute approximate surface area is 157 Å². The quantitative estimate of drug-likeness (QED) is 0.748. The predicted molar refractivity (Wildman–Crippen MR) is 108 cm³/mol. The number of carbonyl (C=O) groups excluding carboxylic acids is 1. The first kappa shape index (κ1) is 17.6. The highest BCUT2D eigenvalue weighted by Gasteiger charge is 2.42. The third-order valence-electron chi connectivity index (χ3n) is 6.95. The Morgan fingerprint density at radius 2 is 2.00 bits per heavy atom. The average Bonchev–Trinajstić information content (AvgIpc) is 3.45. The maximum absolute atomic E-state index is 11.7. The Kier molecular flexibility index (Phi) is 5.02. The molecular weight excluding hydrogens is 318 g/mol. The van der Waals surface area contributed by atoms with Gasteiger partial charge in [-0.3, -0.25) is 4.79 Å². The maximum Gasteiger partial charge on any atom is 0.220 e. The molecule has 1 aromatic carbocycles. The van der Waals surface area contributed by atoms with Gasteiger partial charge in [-0.25, -0.2) is 0 Å². The van der Waals surface area contributed by atoms with E-state index in [-0.39, 0.29) is 5.91 Å². The number of amides is 1. The first-order valence-corrected chi connectivity index (χ1v) is 10.4. The molecule has 4 atom stereocenters. The average molecular weight is 350 g/mol. The molecular formula is C24H31NO. The fraction of sp³-hybridized carbons (Fsp3) is 0.542. The van der Waals surface area contributed by atoms with Gasteiger partial charge in [0.2, 0.25) is 5.91 Å². The van der Waals surface area contributed by atoms with Crippen molar-refractivity contribution in [2.75, 3.05) is 7.05 Å². The molecule has 0 heterocycles. The van der Waals surface area contributed by atoms with Crippen LogP contribution in [0.4, 0.5) is 0 Å². The largest absolute Gasteiger partial charge is 0.359 e. The lowest BCUT2D eigenvalue weighted by Gasteiger charge is -2.34. The van der Waals surface area contributed by atoms with Crippen LogP contribution in [-0.4, -0.2) is 13.0 Å². The number of benzene rings is 1. The minimum atomic E-state index is 0.122. The molecule has 3 aliphatic rings. The van der Waals surface area contributed by atoms with Crippen LogP contribution in [0.2, 0.25) is 0 Å². The van der Waals surface area contributed by atoms with E-state index >= 15 is 0 Å². The topological polar surface area (TPSA) is 29.1 Å². The van der Waals surface area contributed by atoms with Gasteiger partial charge in [0, 0.05) is 19.4 Å². The summed E-state index contributed by atoms with van der Waals surface area (Å²) in [5.74, 6) is 3.00. The molecule has 4 rings (SSSR count). The van der Waals surface area contributed by atoms with Gasteiger partial charge in [-0.1, -0.05) is 61.8 Å². The smallest absolute Gasteiger partial charge is 0.220 e. The lowest BCUT2D eigenvalue weighted by Crippen LogP contribution is -2.25. The molecule has 1 N–H and O–H groups in total. The summed E-state index contributed by atoms with van der Waals surface area (Å²) < 4.78 is 0. The normalized spacial score (nSPS) is 29.7. The Morgan fingerprint density at radius 1 is 1.19 bits per heavy atom. The molecule has 4 unspecified atom stereocenters. The molecule has 0 saturated heterocycles. The van der Waals surface area contributed by atoms with Crippen molar-refractivity contribution >= 4 is 11.5 Å². The van der Waals surface area contributed by atoms with E-state index in [1.54, 1.807) is 12.6 Å². The second kappa shape index (κ2) is 7.42. The van der Waals surface area contributed by atoms with Crippen molar-refractivity contribution in [3.8, 4) is 0 Å². The highest BCUT2D eigenvalue weighted by Crippen LogP contribution is 2.54. The van der Waals surface area contributed by atoms with Crippen LogP contribution in [0.15, 0.2) is 42.5 Å². The summed E-state index contributed by atoms with van der Waals surface area (Å²) >= 11 is 0. The maximum atomic E-state index is 11.7. The van der Waals surface area contributed by atoms with Crippen molar-refractivity contribution in [1.82, 2.24) is 5.32 Å². The lowest BCUT2D eigenvalue weighted by molar-refractivity contribution is -0.120. The Balaban J connectivity index is 1.59. The fourth-order valence-corrected chi connectivity index (χ4v) is 5.38. The van der Waals surface area contributed by atoms with Crippen LogP contribution in [0.5, 0.6) is 0 Å². The highest BCUT2D eigenvalue weighted by molar-refractivity contribution is 5.82. The standard InChI is InChI=1S/C24H31NO/c1-16(11-12-24(26)25-2)19-13-17-7-3-5-9-20(17)22-15-23(22)21-10-6-4-8-18(21)14-19/h3,5,7,9,15,18-19,21,23H,1,4,6,8,10-14H2,2H3,(H,25,26). The van der Waals surface area contributed by atoms with Gasteiger partial charge in [0.05, 0.1) is 0 Å². The molecule has 26 heavy (non-hydrogen) atoms. The molecule has 0 aromatic heterocycles. The van der Waals surface area contributed by atoms with Crippen molar-refractivity contribution in [3.05, 3.63) is 53.6 Å². The number of rotatable bonds is 4. The van der Waals surface area contributed by atoms with E-state index in [9.17, 15) is 4.79 Å². The number of allylic oxidation sites excluding steroid dienone is 3. The number of carbonyl (C=O) groups is 1. The molecule has 2 heteroatoms. The zero-order valence-corrected chi connectivity index (χ0v) is 16.0. The Hall–Kier alpha value is -1.83. The molecule has 0 aliphatic heterocycles. The van der Waals surface area contributed by atoms with E-state index in [1.807, 2.05) is 0 Å². The van der Waals surface area contributed by atoms with Crippen LogP contribution in [0.25, 0.3) is 5.57 Å². The minimum Gasteiger partial charge on any atom is -0.359 e. The third-order valence-corrected chi connectivity index (χ3v) is 6.95. The Morgan fingerprint density at radius 3 is 2.85 bits per heavy atom. The number of hydrogen-bond acceptors (Lipinski definition) is 1. The summed E-state index contributed by atoms with van der Waals surface area (Å²) in [5.41, 5.74) is 5.84. The molecule has 0 radical (unpaired) electrons. The molecule has 3 aliphatic carbocycles.